The van der Waals surface area contributed by atoms with Gasteiger partial charge in [0.05, 0.1) is 11.1 Å². The lowest BCUT2D eigenvalue weighted by atomic mass is 10.2. The van der Waals surface area contributed by atoms with Crippen LogP contribution in [-0.2, 0) is 10.0 Å². The van der Waals surface area contributed by atoms with Gasteiger partial charge in [0, 0.05) is 5.39 Å². The molecule has 1 heterocycles. The molecule has 0 unspecified atom stereocenters. The highest BCUT2D eigenvalue weighted by Gasteiger charge is 2.22. The number of hydrogen-bond donors (Lipinski definition) is 1. The molecule has 114 valence electrons. The van der Waals surface area contributed by atoms with Crippen LogP contribution in [0.1, 0.15) is 18.7 Å². The highest BCUT2D eigenvalue weighted by molar-refractivity contribution is 7.89. The second kappa shape index (κ2) is 5.76. The minimum Gasteiger partial charge on any atom is -0.459 e. The average Bonchev–Trinajstić information content (AvgIpc) is 2.91. The van der Waals surface area contributed by atoms with Crippen molar-refractivity contribution in [1.29, 1.82) is 0 Å². The van der Waals surface area contributed by atoms with Gasteiger partial charge in [-0.25, -0.2) is 13.1 Å². The monoisotopic (exact) mass is 335 g/mol. The zero-order valence-corrected chi connectivity index (χ0v) is 13.4. The van der Waals surface area contributed by atoms with Crippen molar-refractivity contribution in [2.75, 3.05) is 0 Å². The van der Waals surface area contributed by atoms with Gasteiger partial charge in [0.2, 0.25) is 10.0 Å². The van der Waals surface area contributed by atoms with Crippen molar-refractivity contribution >= 4 is 32.6 Å². The van der Waals surface area contributed by atoms with Crippen molar-refractivity contribution in [2.45, 2.75) is 17.9 Å². The lowest BCUT2D eigenvalue weighted by Crippen LogP contribution is -2.26. The van der Waals surface area contributed by atoms with Crippen molar-refractivity contribution in [1.82, 2.24) is 4.72 Å². The summed E-state index contributed by atoms with van der Waals surface area (Å²) in [6, 6.07) is 15.2. The van der Waals surface area contributed by atoms with Crippen LogP contribution in [0.15, 0.2) is 63.9 Å². The van der Waals surface area contributed by atoms with E-state index in [0.717, 1.165) is 11.0 Å². The molecule has 3 rings (SSSR count). The first-order valence-electron chi connectivity index (χ1n) is 6.73. The number of benzene rings is 2. The molecule has 6 heteroatoms. The fourth-order valence-electron chi connectivity index (χ4n) is 2.23. The van der Waals surface area contributed by atoms with Gasteiger partial charge in [-0.05, 0) is 31.2 Å². The lowest BCUT2D eigenvalue weighted by Gasteiger charge is -2.12. The summed E-state index contributed by atoms with van der Waals surface area (Å²) in [6.07, 6.45) is 0. The van der Waals surface area contributed by atoms with Crippen LogP contribution in [0.25, 0.3) is 11.0 Å². The molecule has 0 saturated carbocycles. The Balaban J connectivity index is 1.90. The summed E-state index contributed by atoms with van der Waals surface area (Å²) in [4.78, 5) is 0.0552. The van der Waals surface area contributed by atoms with E-state index in [-0.39, 0.29) is 9.92 Å². The summed E-state index contributed by atoms with van der Waals surface area (Å²) < 4.78 is 33.1. The highest BCUT2D eigenvalue weighted by atomic mass is 35.5. The largest absolute Gasteiger partial charge is 0.459 e. The van der Waals surface area contributed by atoms with Gasteiger partial charge in [0.1, 0.15) is 16.2 Å². The Morgan fingerprint density at radius 1 is 1.09 bits per heavy atom. The van der Waals surface area contributed by atoms with Crippen molar-refractivity contribution in [2.24, 2.45) is 0 Å². The maximum absolute atomic E-state index is 12.4. The van der Waals surface area contributed by atoms with E-state index in [0.29, 0.717) is 5.76 Å². The molecule has 1 N–H and O–H groups in total. The fourth-order valence-corrected chi connectivity index (χ4v) is 3.96. The highest BCUT2D eigenvalue weighted by Crippen LogP contribution is 2.26. The predicted octanol–water partition coefficient (Wildman–Crippen LogP) is 4.13. The topological polar surface area (TPSA) is 59.3 Å². The molecule has 2 aromatic carbocycles. The van der Waals surface area contributed by atoms with Gasteiger partial charge in [-0.3, -0.25) is 0 Å². The van der Waals surface area contributed by atoms with E-state index in [9.17, 15) is 8.42 Å². The van der Waals surface area contributed by atoms with Crippen LogP contribution in [0.2, 0.25) is 5.02 Å². The van der Waals surface area contributed by atoms with Crippen molar-refractivity contribution < 1.29 is 12.8 Å². The minimum atomic E-state index is -3.72. The summed E-state index contributed by atoms with van der Waals surface area (Å²) in [7, 11) is -3.72. The molecule has 22 heavy (non-hydrogen) atoms. The molecule has 3 aromatic rings. The molecule has 0 aliphatic heterocycles. The molecule has 0 spiro atoms. The molecule has 0 saturated heterocycles. The summed E-state index contributed by atoms with van der Waals surface area (Å²) in [5.41, 5.74) is 0.723. The Kier molecular flexibility index (Phi) is 3.95. The first kappa shape index (κ1) is 15.1. The molecule has 4 nitrogen and oxygen atoms in total. The zero-order valence-electron chi connectivity index (χ0n) is 11.8. The minimum absolute atomic E-state index is 0.0552. The molecule has 0 radical (unpaired) electrons. The van der Waals surface area contributed by atoms with E-state index in [1.807, 2.05) is 30.3 Å². The van der Waals surface area contributed by atoms with Gasteiger partial charge in [-0.15, -0.1) is 0 Å². The van der Waals surface area contributed by atoms with Crippen LogP contribution >= 0.6 is 11.6 Å². The van der Waals surface area contributed by atoms with Crippen LogP contribution in [0, 0.1) is 0 Å². The van der Waals surface area contributed by atoms with Crippen molar-refractivity contribution in [3.8, 4) is 0 Å². The molecular formula is C16H14ClNO3S. The SMILES string of the molecule is C[C@H](NS(=O)(=O)c1ccccc1Cl)c1cc2ccccc2o1. The smallest absolute Gasteiger partial charge is 0.242 e. The average molecular weight is 336 g/mol. The van der Waals surface area contributed by atoms with Crippen LogP contribution in [0.3, 0.4) is 0 Å². The van der Waals surface area contributed by atoms with E-state index in [2.05, 4.69) is 4.72 Å². The molecule has 0 fully saturated rings. The number of sulfonamides is 1. The van der Waals surface area contributed by atoms with E-state index in [1.165, 1.54) is 6.07 Å². The van der Waals surface area contributed by atoms with Gasteiger partial charge < -0.3 is 4.42 Å². The van der Waals surface area contributed by atoms with Gasteiger partial charge in [-0.2, -0.15) is 0 Å². The predicted molar refractivity (Wildman–Crippen MR) is 86.4 cm³/mol. The van der Waals surface area contributed by atoms with Gasteiger partial charge in [0.25, 0.3) is 0 Å². The Morgan fingerprint density at radius 3 is 2.50 bits per heavy atom. The number of rotatable bonds is 4. The van der Waals surface area contributed by atoms with Crippen LogP contribution in [0.4, 0.5) is 0 Å². The summed E-state index contributed by atoms with van der Waals surface area (Å²) >= 11 is 5.96. The summed E-state index contributed by atoms with van der Waals surface area (Å²) in [5, 5.41) is 1.12. The maximum Gasteiger partial charge on any atom is 0.242 e. The second-order valence-electron chi connectivity index (χ2n) is 4.96. The van der Waals surface area contributed by atoms with Gasteiger partial charge in [-0.1, -0.05) is 41.9 Å². The van der Waals surface area contributed by atoms with Gasteiger partial charge >= 0.3 is 0 Å². The number of para-hydroxylation sites is 1. The summed E-state index contributed by atoms with van der Waals surface area (Å²) in [5.74, 6) is 0.553. The maximum atomic E-state index is 12.4. The molecule has 0 aliphatic carbocycles. The van der Waals surface area contributed by atoms with Crippen LogP contribution in [0.5, 0.6) is 0 Å². The van der Waals surface area contributed by atoms with Gasteiger partial charge in [0.15, 0.2) is 0 Å². The van der Waals surface area contributed by atoms with E-state index in [1.54, 1.807) is 25.1 Å². The lowest BCUT2D eigenvalue weighted by molar-refractivity contribution is 0.484. The van der Waals surface area contributed by atoms with Crippen molar-refractivity contribution in [3.05, 3.63) is 65.4 Å². The number of nitrogens with one attached hydrogen (secondary N) is 1. The fraction of sp³-hybridized carbons (Fsp3) is 0.125. The zero-order chi connectivity index (χ0) is 15.7. The molecule has 0 bridgehead atoms. The Morgan fingerprint density at radius 2 is 1.77 bits per heavy atom. The Hall–Kier alpha value is -1.82. The number of hydrogen-bond acceptors (Lipinski definition) is 3. The third kappa shape index (κ3) is 2.88. The Bertz CT molecular complexity index is 885. The quantitative estimate of drug-likeness (QED) is 0.780. The van der Waals surface area contributed by atoms with Crippen molar-refractivity contribution in [3.63, 3.8) is 0 Å². The number of halogens is 1. The first-order chi connectivity index (χ1) is 10.5. The number of fused-ring (bicyclic) bond motifs is 1. The van der Waals surface area contributed by atoms with E-state index < -0.39 is 16.1 Å². The Labute approximate surface area is 133 Å². The van der Waals surface area contributed by atoms with E-state index in [4.69, 9.17) is 16.0 Å². The van der Waals surface area contributed by atoms with E-state index >= 15 is 0 Å². The first-order valence-corrected chi connectivity index (χ1v) is 8.59. The molecule has 1 atom stereocenters. The number of furan rings is 1. The standard InChI is InChI=1S/C16H14ClNO3S/c1-11(15-10-12-6-2-4-8-14(12)21-15)18-22(19,20)16-9-5-3-7-13(16)17/h2-11,18H,1H3/t11-/m0/s1. The second-order valence-corrected chi connectivity index (χ2v) is 7.05. The third-order valence-electron chi connectivity index (χ3n) is 3.33. The molecular weight excluding hydrogens is 322 g/mol. The molecule has 0 amide bonds. The van der Waals surface area contributed by atoms with Crippen LogP contribution in [-0.4, -0.2) is 8.42 Å². The third-order valence-corrected chi connectivity index (χ3v) is 5.37. The molecule has 1 aromatic heterocycles. The normalized spacial score (nSPS) is 13.4. The summed E-state index contributed by atoms with van der Waals surface area (Å²) in [6.45, 7) is 1.73. The van der Waals surface area contributed by atoms with Crippen LogP contribution < -0.4 is 4.72 Å². The molecule has 0 aliphatic rings.